The fourth-order valence-electron chi connectivity index (χ4n) is 4.71. The van der Waals surface area contributed by atoms with Crippen molar-refractivity contribution in [2.45, 2.75) is 84.0 Å². The van der Waals surface area contributed by atoms with Gasteiger partial charge in [0.1, 0.15) is 17.7 Å². The standard InChI is InChI=1S/C32H41N3O4S/c1-8-23-15-17-24(18-16-23)28(29(36)34-27-21(2)11-9-12-22(27)3)35(25-13-10-14-25)30(37)26(19-20-40-7)33-31(38)39-32(4,5)6/h1,9,11-12,15-18,25-26,28H,10,13-14,19-20H2,2-7H3,(H,33,38)(H,34,36). The summed E-state index contributed by atoms with van der Waals surface area (Å²) < 4.78 is 5.48. The van der Waals surface area contributed by atoms with Crippen LogP contribution in [-0.2, 0) is 14.3 Å². The minimum Gasteiger partial charge on any atom is -0.444 e. The Morgan fingerprint density at radius 1 is 1.10 bits per heavy atom. The maximum absolute atomic E-state index is 14.3. The van der Waals surface area contributed by atoms with Crippen molar-refractivity contribution in [1.82, 2.24) is 10.2 Å². The summed E-state index contributed by atoms with van der Waals surface area (Å²) in [5.41, 5.74) is 3.22. The van der Waals surface area contributed by atoms with Crippen molar-refractivity contribution < 1.29 is 19.1 Å². The van der Waals surface area contributed by atoms with Gasteiger partial charge in [-0.3, -0.25) is 9.59 Å². The van der Waals surface area contributed by atoms with Gasteiger partial charge in [0.25, 0.3) is 5.91 Å². The molecule has 0 aromatic heterocycles. The fourth-order valence-corrected chi connectivity index (χ4v) is 5.18. The van der Waals surface area contributed by atoms with Crippen LogP contribution in [0.4, 0.5) is 10.5 Å². The number of carbonyl (C=O) groups is 3. The summed E-state index contributed by atoms with van der Waals surface area (Å²) in [7, 11) is 0. The van der Waals surface area contributed by atoms with Crippen molar-refractivity contribution in [1.29, 1.82) is 0 Å². The van der Waals surface area contributed by atoms with E-state index in [-0.39, 0.29) is 17.9 Å². The molecule has 2 unspecified atom stereocenters. The van der Waals surface area contributed by atoms with E-state index in [4.69, 9.17) is 11.2 Å². The number of carbonyl (C=O) groups excluding carboxylic acids is 3. The second kappa shape index (κ2) is 13.8. The number of hydrogen-bond acceptors (Lipinski definition) is 5. The largest absolute Gasteiger partial charge is 0.444 e. The van der Waals surface area contributed by atoms with E-state index in [1.165, 1.54) is 0 Å². The third-order valence-corrected chi connectivity index (χ3v) is 7.62. The normalized spacial score (nSPS) is 14.7. The fraction of sp³-hybridized carbons (Fsp3) is 0.469. The van der Waals surface area contributed by atoms with Crippen LogP contribution in [0.5, 0.6) is 0 Å². The van der Waals surface area contributed by atoms with Gasteiger partial charge < -0.3 is 20.3 Å². The molecule has 8 heteroatoms. The van der Waals surface area contributed by atoms with Crippen molar-refractivity contribution in [3.05, 3.63) is 64.7 Å². The van der Waals surface area contributed by atoms with Gasteiger partial charge in [-0.05, 0) is 101 Å². The van der Waals surface area contributed by atoms with Gasteiger partial charge in [-0.2, -0.15) is 11.8 Å². The van der Waals surface area contributed by atoms with E-state index in [0.717, 1.165) is 36.1 Å². The van der Waals surface area contributed by atoms with Gasteiger partial charge >= 0.3 is 6.09 Å². The Morgan fingerprint density at radius 2 is 1.73 bits per heavy atom. The molecule has 1 fully saturated rings. The first-order chi connectivity index (χ1) is 18.9. The zero-order valence-electron chi connectivity index (χ0n) is 24.4. The second-order valence-corrected chi connectivity index (χ2v) is 12.2. The van der Waals surface area contributed by atoms with Gasteiger partial charge in [-0.15, -0.1) is 6.42 Å². The van der Waals surface area contributed by atoms with Gasteiger partial charge in [0.15, 0.2) is 0 Å². The van der Waals surface area contributed by atoms with Crippen LogP contribution in [0.2, 0.25) is 0 Å². The molecule has 0 bridgehead atoms. The highest BCUT2D eigenvalue weighted by Crippen LogP contribution is 2.35. The first-order valence-electron chi connectivity index (χ1n) is 13.7. The maximum atomic E-state index is 14.3. The van der Waals surface area contributed by atoms with E-state index >= 15 is 0 Å². The molecule has 2 N–H and O–H groups in total. The number of anilines is 1. The molecule has 0 spiro atoms. The highest BCUT2D eigenvalue weighted by molar-refractivity contribution is 7.98. The van der Waals surface area contributed by atoms with Gasteiger partial charge in [-0.1, -0.05) is 36.3 Å². The minimum absolute atomic E-state index is 0.134. The molecule has 1 saturated carbocycles. The molecule has 0 saturated heterocycles. The summed E-state index contributed by atoms with van der Waals surface area (Å²) in [5, 5.41) is 5.91. The molecular weight excluding hydrogens is 522 g/mol. The van der Waals surface area contributed by atoms with Crippen LogP contribution in [0.3, 0.4) is 0 Å². The Labute approximate surface area is 242 Å². The topological polar surface area (TPSA) is 87.7 Å². The lowest BCUT2D eigenvalue weighted by atomic mass is 9.87. The van der Waals surface area contributed by atoms with E-state index in [1.807, 2.05) is 38.3 Å². The van der Waals surface area contributed by atoms with Crippen LogP contribution in [-0.4, -0.2) is 52.5 Å². The summed E-state index contributed by atoms with van der Waals surface area (Å²) >= 11 is 1.59. The van der Waals surface area contributed by atoms with E-state index in [9.17, 15) is 14.4 Å². The molecule has 1 aliphatic rings. The Kier molecular flexibility index (Phi) is 10.7. The highest BCUT2D eigenvalue weighted by Gasteiger charge is 2.42. The minimum atomic E-state index is -0.916. The van der Waals surface area contributed by atoms with Crippen LogP contribution < -0.4 is 10.6 Å². The van der Waals surface area contributed by atoms with E-state index in [1.54, 1.807) is 61.7 Å². The van der Waals surface area contributed by atoms with Crippen molar-refractivity contribution in [3.8, 4) is 12.3 Å². The first-order valence-corrected chi connectivity index (χ1v) is 15.1. The lowest BCUT2D eigenvalue weighted by Gasteiger charge is -2.43. The second-order valence-electron chi connectivity index (χ2n) is 11.2. The molecule has 1 aliphatic carbocycles. The zero-order valence-corrected chi connectivity index (χ0v) is 25.2. The van der Waals surface area contributed by atoms with Crippen molar-refractivity contribution in [2.75, 3.05) is 17.3 Å². The number of nitrogens with one attached hydrogen (secondary N) is 2. The lowest BCUT2D eigenvalue weighted by molar-refractivity contribution is -0.145. The number of alkyl carbamates (subject to hydrolysis) is 1. The summed E-state index contributed by atoms with van der Waals surface area (Å²) in [4.78, 5) is 42.9. The molecule has 7 nitrogen and oxygen atoms in total. The van der Waals surface area contributed by atoms with Gasteiger partial charge in [0.05, 0.1) is 0 Å². The Bertz CT molecular complexity index is 1220. The molecular formula is C32H41N3O4S. The summed E-state index contributed by atoms with van der Waals surface area (Å²) in [6.07, 6.45) is 9.81. The van der Waals surface area contributed by atoms with Crippen molar-refractivity contribution >= 4 is 35.4 Å². The number of hydrogen-bond donors (Lipinski definition) is 2. The van der Waals surface area contributed by atoms with Crippen molar-refractivity contribution in [3.63, 3.8) is 0 Å². The summed E-state index contributed by atoms with van der Waals surface area (Å²) in [6.45, 7) is 9.22. The van der Waals surface area contributed by atoms with Crippen LogP contribution in [0.1, 0.15) is 74.8 Å². The molecule has 2 aromatic rings. The van der Waals surface area contributed by atoms with Crippen LogP contribution in [0.25, 0.3) is 0 Å². The number of ether oxygens (including phenoxy) is 1. The first kappa shape index (κ1) is 31.1. The quantitative estimate of drug-likeness (QED) is 0.347. The number of nitrogens with zero attached hydrogens (tertiary/aromatic N) is 1. The molecule has 2 aromatic carbocycles. The average molecular weight is 564 g/mol. The van der Waals surface area contributed by atoms with E-state index < -0.39 is 23.8 Å². The smallest absolute Gasteiger partial charge is 0.408 e. The number of terminal acetylenes is 1. The molecule has 2 atom stereocenters. The van der Waals surface area contributed by atoms with Crippen LogP contribution >= 0.6 is 11.8 Å². The van der Waals surface area contributed by atoms with E-state index in [0.29, 0.717) is 23.3 Å². The number of amides is 3. The van der Waals surface area contributed by atoms with Gasteiger partial charge in [0.2, 0.25) is 5.91 Å². The lowest BCUT2D eigenvalue weighted by Crippen LogP contribution is -2.57. The number of thioether (sulfide) groups is 1. The van der Waals surface area contributed by atoms with Gasteiger partial charge in [0, 0.05) is 17.3 Å². The Balaban J connectivity index is 2.05. The number of aryl methyl sites for hydroxylation is 2. The maximum Gasteiger partial charge on any atom is 0.408 e. The number of benzene rings is 2. The summed E-state index contributed by atoms with van der Waals surface area (Å²) in [6, 6.07) is 11.1. The molecule has 40 heavy (non-hydrogen) atoms. The molecule has 3 amide bonds. The summed E-state index contributed by atoms with van der Waals surface area (Å²) in [5.74, 6) is 2.65. The van der Waals surface area contributed by atoms with Gasteiger partial charge in [-0.25, -0.2) is 4.79 Å². The third-order valence-electron chi connectivity index (χ3n) is 6.97. The monoisotopic (exact) mass is 563 g/mol. The van der Waals surface area contributed by atoms with Crippen molar-refractivity contribution in [2.24, 2.45) is 0 Å². The molecule has 3 rings (SSSR count). The predicted octanol–water partition coefficient (Wildman–Crippen LogP) is 5.99. The average Bonchev–Trinajstić information content (AvgIpc) is 2.86. The third kappa shape index (κ3) is 8.04. The molecule has 0 radical (unpaired) electrons. The number of para-hydroxylation sites is 1. The predicted molar refractivity (Wildman–Crippen MR) is 162 cm³/mol. The molecule has 0 aliphatic heterocycles. The van der Waals surface area contributed by atoms with E-state index in [2.05, 4.69) is 16.6 Å². The zero-order chi connectivity index (χ0) is 29.4. The molecule has 0 heterocycles. The van der Waals surface area contributed by atoms with Crippen LogP contribution in [0, 0.1) is 26.2 Å². The SMILES string of the molecule is C#Cc1ccc(C(C(=O)Nc2c(C)cccc2C)N(C(=O)C(CCSC)NC(=O)OC(C)(C)C)C2CCC2)cc1. The molecule has 214 valence electrons. The number of rotatable bonds is 10. The highest BCUT2D eigenvalue weighted by atomic mass is 32.2. The Hall–Kier alpha value is -3.44. The van der Waals surface area contributed by atoms with Crippen LogP contribution in [0.15, 0.2) is 42.5 Å². The Morgan fingerprint density at radius 3 is 2.23 bits per heavy atom.